The van der Waals surface area contributed by atoms with Crippen LogP contribution in [0.3, 0.4) is 0 Å². The van der Waals surface area contributed by atoms with Crippen LogP contribution in [0.4, 0.5) is 0 Å². The van der Waals surface area contributed by atoms with Crippen molar-refractivity contribution in [1.82, 2.24) is 0 Å². The fourth-order valence-corrected chi connectivity index (χ4v) is 3.08. The monoisotopic (exact) mass is 218 g/mol. The molecule has 0 bridgehead atoms. The van der Waals surface area contributed by atoms with Gasteiger partial charge in [-0.2, -0.15) is 0 Å². The molecule has 1 fully saturated rings. The van der Waals surface area contributed by atoms with Crippen LogP contribution in [0.25, 0.3) is 5.57 Å². The number of rotatable bonds is 2. The second-order valence-electron chi connectivity index (χ2n) is 4.11. The maximum Gasteiger partial charge on any atom is 0.120 e. The van der Waals surface area contributed by atoms with E-state index in [0.717, 1.165) is 17.4 Å². The first-order valence-corrected chi connectivity index (χ1v) is 6.38. The van der Waals surface area contributed by atoms with Crippen LogP contribution in [0.15, 0.2) is 29.2 Å². The van der Waals surface area contributed by atoms with Gasteiger partial charge < -0.3 is 4.74 Å². The molecule has 2 heteroatoms. The lowest BCUT2D eigenvalue weighted by Gasteiger charge is -2.17. The van der Waals surface area contributed by atoms with E-state index in [4.69, 9.17) is 4.74 Å². The Kier molecular flexibility index (Phi) is 2.24. The van der Waals surface area contributed by atoms with Crippen molar-refractivity contribution < 1.29 is 4.74 Å². The molecule has 0 spiro atoms. The van der Waals surface area contributed by atoms with Gasteiger partial charge in [0.2, 0.25) is 0 Å². The number of allylic oxidation sites excluding steroid dienone is 1. The van der Waals surface area contributed by atoms with Crippen LogP contribution < -0.4 is 4.74 Å². The van der Waals surface area contributed by atoms with Crippen molar-refractivity contribution in [1.29, 1.82) is 0 Å². The molecule has 78 valence electrons. The average Bonchev–Trinajstić information content (AvgIpc) is 3.11. The Labute approximate surface area is 94.5 Å². The van der Waals surface area contributed by atoms with E-state index < -0.39 is 0 Å². The molecule has 1 saturated carbocycles. The summed E-state index contributed by atoms with van der Waals surface area (Å²) in [4.78, 5) is 1.39. The predicted octanol–water partition coefficient (Wildman–Crippen LogP) is 3.59. The molecule has 1 aromatic carbocycles. The standard InChI is InChI=1S/C13H14OS/c1-14-10-4-5-12-11(9-2-3-9)6-7-15-13(12)8-10/h4-6,8-9H,2-3,7H2,1H3. The smallest absolute Gasteiger partial charge is 0.120 e. The van der Waals surface area contributed by atoms with Gasteiger partial charge in [0.15, 0.2) is 0 Å². The average molecular weight is 218 g/mol. The Morgan fingerprint density at radius 2 is 2.20 bits per heavy atom. The van der Waals surface area contributed by atoms with Gasteiger partial charge in [-0.25, -0.2) is 0 Å². The molecule has 15 heavy (non-hydrogen) atoms. The number of methoxy groups -OCH3 is 1. The van der Waals surface area contributed by atoms with Gasteiger partial charge in [-0.3, -0.25) is 0 Å². The van der Waals surface area contributed by atoms with Crippen molar-refractivity contribution in [3.63, 3.8) is 0 Å². The van der Waals surface area contributed by atoms with Crippen LogP contribution in [0.5, 0.6) is 5.75 Å². The summed E-state index contributed by atoms with van der Waals surface area (Å²) in [6.07, 6.45) is 5.15. The molecule has 3 rings (SSSR count). The van der Waals surface area contributed by atoms with Gasteiger partial charge >= 0.3 is 0 Å². The van der Waals surface area contributed by atoms with E-state index in [1.54, 1.807) is 12.7 Å². The molecular formula is C13H14OS. The zero-order valence-corrected chi connectivity index (χ0v) is 9.64. The summed E-state index contributed by atoms with van der Waals surface area (Å²) < 4.78 is 5.26. The maximum atomic E-state index is 5.26. The van der Waals surface area contributed by atoms with Crippen LogP contribution >= 0.6 is 11.8 Å². The second kappa shape index (κ2) is 3.60. The highest BCUT2D eigenvalue weighted by molar-refractivity contribution is 7.99. The number of hydrogen-bond acceptors (Lipinski definition) is 2. The Hall–Kier alpha value is -0.890. The van der Waals surface area contributed by atoms with Crippen LogP contribution in [-0.2, 0) is 0 Å². The van der Waals surface area contributed by atoms with E-state index in [1.807, 2.05) is 11.8 Å². The Bertz CT molecular complexity index is 419. The highest BCUT2D eigenvalue weighted by atomic mass is 32.2. The molecule has 1 aromatic rings. The maximum absolute atomic E-state index is 5.26. The summed E-state index contributed by atoms with van der Waals surface area (Å²) in [5.41, 5.74) is 3.01. The quantitative estimate of drug-likeness (QED) is 0.750. The van der Waals surface area contributed by atoms with Gasteiger partial charge in [-0.1, -0.05) is 6.08 Å². The van der Waals surface area contributed by atoms with Crippen molar-refractivity contribution in [3.05, 3.63) is 29.8 Å². The molecule has 1 heterocycles. The molecule has 0 saturated heterocycles. The molecule has 0 atom stereocenters. The molecule has 2 aliphatic rings. The summed E-state index contributed by atoms with van der Waals surface area (Å²) in [6, 6.07) is 6.45. The molecule has 1 aliphatic heterocycles. The van der Waals surface area contributed by atoms with Gasteiger partial charge in [-0.15, -0.1) is 11.8 Å². The highest BCUT2D eigenvalue weighted by Gasteiger charge is 2.29. The largest absolute Gasteiger partial charge is 0.497 e. The number of benzene rings is 1. The molecule has 1 nitrogen and oxygen atoms in total. The second-order valence-corrected chi connectivity index (χ2v) is 5.17. The molecule has 0 unspecified atom stereocenters. The Balaban J connectivity index is 2.03. The van der Waals surface area contributed by atoms with E-state index in [-0.39, 0.29) is 0 Å². The van der Waals surface area contributed by atoms with E-state index in [1.165, 1.54) is 23.3 Å². The predicted molar refractivity (Wildman–Crippen MR) is 64.4 cm³/mol. The van der Waals surface area contributed by atoms with Crippen LogP contribution in [0, 0.1) is 5.92 Å². The van der Waals surface area contributed by atoms with Crippen LogP contribution in [0.1, 0.15) is 18.4 Å². The first kappa shape index (κ1) is 9.34. The van der Waals surface area contributed by atoms with Crippen molar-refractivity contribution >= 4 is 17.3 Å². The van der Waals surface area contributed by atoms with Gasteiger partial charge in [0, 0.05) is 10.6 Å². The fourth-order valence-electron chi connectivity index (χ4n) is 2.10. The minimum Gasteiger partial charge on any atom is -0.497 e. The lowest BCUT2D eigenvalue weighted by atomic mass is 10.0. The molecular weight excluding hydrogens is 204 g/mol. The van der Waals surface area contributed by atoms with Gasteiger partial charge in [0.05, 0.1) is 7.11 Å². The zero-order valence-electron chi connectivity index (χ0n) is 8.82. The third kappa shape index (κ3) is 1.67. The van der Waals surface area contributed by atoms with Gasteiger partial charge in [0.1, 0.15) is 5.75 Å². The normalized spacial score (nSPS) is 19.4. The topological polar surface area (TPSA) is 9.23 Å². The number of fused-ring (bicyclic) bond motifs is 1. The summed E-state index contributed by atoms with van der Waals surface area (Å²) in [5.74, 6) is 2.93. The van der Waals surface area contributed by atoms with Gasteiger partial charge in [-0.05, 0) is 48.1 Å². The highest BCUT2D eigenvalue weighted by Crippen LogP contribution is 2.47. The molecule has 1 aliphatic carbocycles. The van der Waals surface area contributed by atoms with E-state index in [2.05, 4.69) is 24.3 Å². The molecule has 0 N–H and O–H groups in total. The van der Waals surface area contributed by atoms with E-state index >= 15 is 0 Å². The number of hydrogen-bond donors (Lipinski definition) is 0. The zero-order chi connectivity index (χ0) is 10.3. The Morgan fingerprint density at radius 3 is 2.93 bits per heavy atom. The first-order chi connectivity index (χ1) is 7.38. The Morgan fingerprint density at radius 1 is 1.33 bits per heavy atom. The third-order valence-electron chi connectivity index (χ3n) is 3.06. The van der Waals surface area contributed by atoms with E-state index in [0.29, 0.717) is 0 Å². The number of ether oxygens (including phenoxy) is 1. The van der Waals surface area contributed by atoms with Crippen LogP contribution in [0.2, 0.25) is 0 Å². The fraction of sp³-hybridized carbons (Fsp3) is 0.385. The first-order valence-electron chi connectivity index (χ1n) is 5.40. The SMILES string of the molecule is COc1ccc2c(c1)SCC=C2C1CC1. The minimum absolute atomic E-state index is 0.845. The minimum atomic E-state index is 0.845. The third-order valence-corrected chi connectivity index (χ3v) is 4.04. The molecule has 0 amide bonds. The van der Waals surface area contributed by atoms with E-state index in [9.17, 15) is 0 Å². The molecule has 0 aromatic heterocycles. The number of thioether (sulfide) groups is 1. The van der Waals surface area contributed by atoms with Crippen molar-refractivity contribution in [2.45, 2.75) is 17.7 Å². The molecule has 0 radical (unpaired) electrons. The van der Waals surface area contributed by atoms with Crippen molar-refractivity contribution in [3.8, 4) is 5.75 Å². The summed E-state index contributed by atoms with van der Waals surface area (Å²) in [5, 5.41) is 0. The van der Waals surface area contributed by atoms with Crippen molar-refractivity contribution in [2.24, 2.45) is 5.92 Å². The summed E-state index contributed by atoms with van der Waals surface area (Å²) in [6.45, 7) is 0. The lowest BCUT2D eigenvalue weighted by Crippen LogP contribution is -1.97. The van der Waals surface area contributed by atoms with Crippen molar-refractivity contribution in [2.75, 3.05) is 12.9 Å². The van der Waals surface area contributed by atoms with Gasteiger partial charge in [0.25, 0.3) is 0 Å². The lowest BCUT2D eigenvalue weighted by molar-refractivity contribution is 0.413. The summed E-state index contributed by atoms with van der Waals surface area (Å²) >= 11 is 1.91. The van der Waals surface area contributed by atoms with Crippen LogP contribution in [-0.4, -0.2) is 12.9 Å². The summed E-state index contributed by atoms with van der Waals surface area (Å²) in [7, 11) is 1.73.